The van der Waals surface area contributed by atoms with E-state index < -0.39 is 0 Å². The minimum atomic E-state index is -0.145. The Hall–Kier alpha value is -0.420. The van der Waals surface area contributed by atoms with Gasteiger partial charge in [0.1, 0.15) is 0 Å². The molecule has 96 valence electrons. The van der Waals surface area contributed by atoms with Crippen molar-refractivity contribution in [1.82, 2.24) is 10.6 Å². The van der Waals surface area contributed by atoms with E-state index in [4.69, 9.17) is 5.11 Å². The molecule has 16 heavy (non-hydrogen) atoms. The van der Waals surface area contributed by atoms with Gasteiger partial charge in [0.25, 0.3) is 0 Å². The third-order valence-electron chi connectivity index (χ3n) is 2.36. The topological polar surface area (TPSA) is 61.4 Å². The van der Waals surface area contributed by atoms with Gasteiger partial charge < -0.3 is 15.7 Å². The van der Waals surface area contributed by atoms with Gasteiger partial charge in [-0.25, -0.2) is 4.79 Å². The summed E-state index contributed by atoms with van der Waals surface area (Å²) in [5, 5.41) is 14.6. The van der Waals surface area contributed by atoms with Crippen LogP contribution >= 0.6 is 11.8 Å². The minimum absolute atomic E-state index is 0.0338. The van der Waals surface area contributed by atoms with E-state index in [-0.39, 0.29) is 24.7 Å². The SMILES string of the molecule is CSCC(C)NC(=O)NC(CCO)C(C)C. The van der Waals surface area contributed by atoms with E-state index in [1.807, 2.05) is 27.0 Å². The molecule has 0 aliphatic heterocycles. The van der Waals surface area contributed by atoms with Gasteiger partial charge in [0.15, 0.2) is 0 Å². The first-order valence-corrected chi connectivity index (χ1v) is 7.07. The van der Waals surface area contributed by atoms with E-state index >= 15 is 0 Å². The van der Waals surface area contributed by atoms with Crippen LogP contribution in [-0.2, 0) is 0 Å². The molecular formula is C11H24N2O2S. The van der Waals surface area contributed by atoms with Crippen LogP contribution in [0.4, 0.5) is 4.79 Å². The summed E-state index contributed by atoms with van der Waals surface area (Å²) in [5.74, 6) is 1.23. The van der Waals surface area contributed by atoms with Gasteiger partial charge >= 0.3 is 6.03 Å². The normalized spacial score (nSPS) is 14.6. The van der Waals surface area contributed by atoms with Gasteiger partial charge in [-0.15, -0.1) is 0 Å². The molecule has 5 heteroatoms. The summed E-state index contributed by atoms with van der Waals surface area (Å²) < 4.78 is 0. The van der Waals surface area contributed by atoms with Crippen LogP contribution in [0.1, 0.15) is 27.2 Å². The zero-order chi connectivity index (χ0) is 12.6. The number of rotatable bonds is 7. The summed E-state index contributed by atoms with van der Waals surface area (Å²) in [6.07, 6.45) is 2.61. The second kappa shape index (κ2) is 8.70. The van der Waals surface area contributed by atoms with Crippen LogP contribution in [0.3, 0.4) is 0 Å². The van der Waals surface area contributed by atoms with Crippen molar-refractivity contribution in [2.45, 2.75) is 39.3 Å². The molecule has 3 N–H and O–H groups in total. The number of carbonyl (C=O) groups excluding carboxylic acids is 1. The Kier molecular flexibility index (Phi) is 8.47. The zero-order valence-corrected chi connectivity index (χ0v) is 11.4. The van der Waals surface area contributed by atoms with Gasteiger partial charge in [-0.1, -0.05) is 13.8 Å². The van der Waals surface area contributed by atoms with Crippen LogP contribution in [0, 0.1) is 5.92 Å². The smallest absolute Gasteiger partial charge is 0.315 e. The van der Waals surface area contributed by atoms with Crippen LogP contribution in [0.15, 0.2) is 0 Å². The molecule has 2 unspecified atom stereocenters. The van der Waals surface area contributed by atoms with Crippen LogP contribution in [0.2, 0.25) is 0 Å². The quantitative estimate of drug-likeness (QED) is 0.639. The highest BCUT2D eigenvalue weighted by Gasteiger charge is 2.16. The molecule has 2 atom stereocenters. The number of nitrogens with one attached hydrogen (secondary N) is 2. The first kappa shape index (κ1) is 15.6. The molecule has 0 saturated carbocycles. The van der Waals surface area contributed by atoms with E-state index in [1.54, 1.807) is 11.8 Å². The van der Waals surface area contributed by atoms with Crippen LogP contribution in [0.5, 0.6) is 0 Å². The highest BCUT2D eigenvalue weighted by molar-refractivity contribution is 7.98. The van der Waals surface area contributed by atoms with Gasteiger partial charge in [-0.05, 0) is 25.5 Å². The minimum Gasteiger partial charge on any atom is -0.396 e. The second-order valence-corrected chi connectivity index (χ2v) is 5.25. The largest absolute Gasteiger partial charge is 0.396 e. The van der Waals surface area contributed by atoms with Crippen molar-refractivity contribution in [2.24, 2.45) is 5.92 Å². The number of aliphatic hydroxyl groups is 1. The molecule has 0 saturated heterocycles. The predicted octanol–water partition coefficient (Wildman–Crippen LogP) is 1.44. The van der Waals surface area contributed by atoms with E-state index in [2.05, 4.69) is 10.6 Å². The number of hydrogen-bond acceptors (Lipinski definition) is 3. The summed E-state index contributed by atoms with van der Waals surface area (Å²) in [6, 6.07) is 0.0529. The molecule has 0 bridgehead atoms. The maximum Gasteiger partial charge on any atom is 0.315 e. The van der Waals surface area contributed by atoms with Crippen molar-refractivity contribution in [2.75, 3.05) is 18.6 Å². The molecule has 0 aromatic heterocycles. The Bertz CT molecular complexity index is 200. The predicted molar refractivity (Wildman–Crippen MR) is 69.8 cm³/mol. The molecule has 0 fully saturated rings. The molecule has 0 aliphatic rings. The summed E-state index contributed by atoms with van der Waals surface area (Å²) in [5.41, 5.74) is 0. The fraction of sp³-hybridized carbons (Fsp3) is 0.909. The average molecular weight is 248 g/mol. The summed E-state index contributed by atoms with van der Waals surface area (Å²) in [6.45, 7) is 6.15. The molecule has 0 aliphatic carbocycles. The van der Waals surface area contributed by atoms with Crippen molar-refractivity contribution < 1.29 is 9.90 Å². The Balaban J connectivity index is 3.99. The molecule has 0 radical (unpaired) electrons. The van der Waals surface area contributed by atoms with Crippen LogP contribution in [-0.4, -0.2) is 41.8 Å². The number of hydrogen-bond donors (Lipinski definition) is 3. The standard InChI is InChI=1S/C11H24N2O2S/c1-8(2)10(5-6-14)13-11(15)12-9(3)7-16-4/h8-10,14H,5-7H2,1-4H3,(H2,12,13,15). The van der Waals surface area contributed by atoms with Crippen LogP contribution in [0.25, 0.3) is 0 Å². The van der Waals surface area contributed by atoms with Crippen molar-refractivity contribution in [3.05, 3.63) is 0 Å². The molecule has 4 nitrogen and oxygen atoms in total. The molecule has 2 amide bonds. The number of aliphatic hydroxyl groups excluding tert-OH is 1. The van der Waals surface area contributed by atoms with E-state index in [0.717, 1.165) is 5.75 Å². The van der Waals surface area contributed by atoms with Gasteiger partial charge in [0.2, 0.25) is 0 Å². The third-order valence-corrected chi connectivity index (χ3v) is 3.19. The number of thioether (sulfide) groups is 1. The number of urea groups is 1. The van der Waals surface area contributed by atoms with Gasteiger partial charge in [-0.2, -0.15) is 11.8 Å². The highest BCUT2D eigenvalue weighted by atomic mass is 32.2. The molecule has 0 aromatic rings. The van der Waals surface area contributed by atoms with Gasteiger partial charge in [-0.3, -0.25) is 0 Å². The van der Waals surface area contributed by atoms with E-state index in [9.17, 15) is 4.79 Å². The van der Waals surface area contributed by atoms with Crippen LogP contribution < -0.4 is 10.6 Å². The van der Waals surface area contributed by atoms with Crippen molar-refractivity contribution in [1.29, 1.82) is 0 Å². The molecule has 0 aromatic carbocycles. The Morgan fingerprint density at radius 3 is 2.38 bits per heavy atom. The lowest BCUT2D eigenvalue weighted by Gasteiger charge is -2.23. The summed E-state index contributed by atoms with van der Waals surface area (Å²) in [7, 11) is 0. The lowest BCUT2D eigenvalue weighted by molar-refractivity contribution is 0.217. The number of amides is 2. The van der Waals surface area contributed by atoms with E-state index in [0.29, 0.717) is 12.3 Å². The number of carbonyl (C=O) groups is 1. The Morgan fingerprint density at radius 2 is 1.94 bits per heavy atom. The molecule has 0 spiro atoms. The monoisotopic (exact) mass is 248 g/mol. The first-order valence-electron chi connectivity index (χ1n) is 5.68. The lowest BCUT2D eigenvalue weighted by Crippen LogP contribution is -2.48. The maximum absolute atomic E-state index is 11.6. The average Bonchev–Trinajstić information content (AvgIpc) is 2.16. The molecule has 0 heterocycles. The fourth-order valence-electron chi connectivity index (χ4n) is 1.44. The van der Waals surface area contributed by atoms with Crippen molar-refractivity contribution in [3.8, 4) is 0 Å². The lowest BCUT2D eigenvalue weighted by atomic mass is 10.0. The van der Waals surface area contributed by atoms with E-state index in [1.165, 1.54) is 0 Å². The van der Waals surface area contributed by atoms with Gasteiger partial charge in [0, 0.05) is 24.4 Å². The maximum atomic E-state index is 11.6. The third kappa shape index (κ3) is 6.95. The fourth-order valence-corrected chi connectivity index (χ4v) is 2.02. The zero-order valence-electron chi connectivity index (χ0n) is 10.6. The van der Waals surface area contributed by atoms with Crippen molar-refractivity contribution >= 4 is 17.8 Å². The van der Waals surface area contributed by atoms with Gasteiger partial charge in [0.05, 0.1) is 0 Å². The Morgan fingerprint density at radius 1 is 1.31 bits per heavy atom. The summed E-state index contributed by atoms with van der Waals surface area (Å²) >= 11 is 1.70. The second-order valence-electron chi connectivity index (χ2n) is 4.34. The highest BCUT2D eigenvalue weighted by Crippen LogP contribution is 2.05. The first-order chi connectivity index (χ1) is 7.51. The molecule has 0 rings (SSSR count). The van der Waals surface area contributed by atoms with Crippen molar-refractivity contribution in [3.63, 3.8) is 0 Å². The summed E-state index contributed by atoms with van der Waals surface area (Å²) in [4.78, 5) is 11.6. The Labute approximate surface area is 103 Å². The molecular weight excluding hydrogens is 224 g/mol.